The Balaban J connectivity index is 1.82. The van der Waals surface area contributed by atoms with Crippen molar-refractivity contribution in [3.63, 3.8) is 0 Å². The van der Waals surface area contributed by atoms with E-state index < -0.39 is 5.92 Å². The molecule has 0 saturated heterocycles. The second-order valence-electron chi connectivity index (χ2n) is 6.32. The third kappa shape index (κ3) is 3.21. The molecule has 0 atom stereocenters. The number of aromatic nitrogens is 3. The lowest BCUT2D eigenvalue weighted by Crippen LogP contribution is -2.21. The summed E-state index contributed by atoms with van der Waals surface area (Å²) in [6, 6.07) is 16.7. The minimum atomic E-state index is -2.91. The molecular weight excluding hydrogens is 348 g/mol. The number of nitrogens with zero attached hydrogens (tertiary/aromatic N) is 3. The zero-order chi connectivity index (χ0) is 19.0. The Morgan fingerprint density at radius 2 is 1.78 bits per heavy atom. The third-order valence-corrected chi connectivity index (χ3v) is 4.36. The van der Waals surface area contributed by atoms with E-state index in [1.807, 2.05) is 0 Å². The van der Waals surface area contributed by atoms with Crippen LogP contribution in [0, 0.1) is 0 Å². The van der Waals surface area contributed by atoms with Crippen molar-refractivity contribution in [2.45, 2.75) is 12.8 Å². The van der Waals surface area contributed by atoms with Crippen molar-refractivity contribution < 1.29 is 8.78 Å². The van der Waals surface area contributed by atoms with Crippen LogP contribution in [0.5, 0.6) is 0 Å². The number of fused-ring (bicyclic) bond motifs is 1. The molecule has 0 aliphatic rings. The number of hydrogen-bond donors (Lipinski definition) is 0. The summed E-state index contributed by atoms with van der Waals surface area (Å²) in [5.74, 6) is -2.48. The van der Waals surface area contributed by atoms with E-state index in [4.69, 9.17) is 0 Å². The van der Waals surface area contributed by atoms with Crippen LogP contribution in [-0.4, -0.2) is 14.8 Å². The molecule has 0 unspecified atom stereocenters. The summed E-state index contributed by atoms with van der Waals surface area (Å²) in [4.78, 5) is 16.9. The summed E-state index contributed by atoms with van der Waals surface area (Å²) in [6.07, 6.45) is 3.17. The third-order valence-electron chi connectivity index (χ3n) is 4.36. The van der Waals surface area contributed by atoms with Crippen molar-refractivity contribution in [1.29, 1.82) is 0 Å². The number of rotatable bonds is 3. The van der Waals surface area contributed by atoms with Gasteiger partial charge in [-0.05, 0) is 41.5 Å². The molecule has 0 fully saturated rings. The predicted octanol–water partition coefficient (Wildman–Crippen LogP) is 4.56. The largest absolute Gasteiger partial charge is 0.280 e. The van der Waals surface area contributed by atoms with Crippen molar-refractivity contribution in [2.24, 2.45) is 0 Å². The van der Waals surface area contributed by atoms with Gasteiger partial charge in [0.1, 0.15) is 0 Å². The summed E-state index contributed by atoms with van der Waals surface area (Å²) in [5, 5.41) is 5.31. The molecule has 2 aromatic heterocycles. The highest BCUT2D eigenvalue weighted by Gasteiger charge is 2.24. The summed E-state index contributed by atoms with van der Waals surface area (Å²) in [7, 11) is 0. The van der Waals surface area contributed by atoms with Gasteiger partial charge in [0.15, 0.2) is 5.82 Å². The van der Waals surface area contributed by atoms with E-state index in [1.54, 1.807) is 60.9 Å². The lowest BCUT2D eigenvalue weighted by molar-refractivity contribution is 0.0175. The van der Waals surface area contributed by atoms with E-state index in [-0.39, 0.29) is 11.1 Å². The Labute approximate surface area is 153 Å². The Kier molecular flexibility index (Phi) is 4.03. The SMILES string of the molecule is CC(F)(F)c1cccc(-c2ccc3c(=O)n(-c4ccccn4)ncc3c2)c1. The maximum Gasteiger partial charge on any atom is 0.280 e. The fourth-order valence-electron chi connectivity index (χ4n) is 2.94. The fraction of sp³-hybridized carbons (Fsp3) is 0.0952. The van der Waals surface area contributed by atoms with Crippen molar-refractivity contribution in [1.82, 2.24) is 14.8 Å². The first-order chi connectivity index (χ1) is 12.9. The zero-order valence-electron chi connectivity index (χ0n) is 14.4. The van der Waals surface area contributed by atoms with E-state index in [1.165, 1.54) is 16.8 Å². The molecule has 0 aliphatic carbocycles. The molecule has 4 aromatic rings. The summed E-state index contributed by atoms with van der Waals surface area (Å²) in [6.45, 7) is 0.872. The quantitative estimate of drug-likeness (QED) is 0.536. The maximum atomic E-state index is 13.6. The molecule has 0 N–H and O–H groups in total. The number of halogens is 2. The Morgan fingerprint density at radius 3 is 2.52 bits per heavy atom. The lowest BCUT2D eigenvalue weighted by Gasteiger charge is -2.12. The molecule has 2 heterocycles. The normalized spacial score (nSPS) is 11.7. The van der Waals surface area contributed by atoms with Crippen molar-refractivity contribution >= 4 is 10.8 Å². The summed E-state index contributed by atoms with van der Waals surface area (Å²) >= 11 is 0. The van der Waals surface area contributed by atoms with Crippen LogP contribution in [-0.2, 0) is 5.92 Å². The van der Waals surface area contributed by atoms with Crippen LogP contribution in [0.3, 0.4) is 0 Å². The van der Waals surface area contributed by atoms with Gasteiger partial charge in [-0.2, -0.15) is 9.78 Å². The van der Waals surface area contributed by atoms with Gasteiger partial charge in [0.05, 0.1) is 11.6 Å². The second kappa shape index (κ2) is 6.39. The van der Waals surface area contributed by atoms with Crippen LogP contribution in [0.2, 0.25) is 0 Å². The number of hydrogen-bond acceptors (Lipinski definition) is 3. The van der Waals surface area contributed by atoms with Gasteiger partial charge in [0.2, 0.25) is 0 Å². The summed E-state index contributed by atoms with van der Waals surface area (Å²) in [5.41, 5.74) is 1.06. The monoisotopic (exact) mass is 363 g/mol. The van der Waals surface area contributed by atoms with Crippen LogP contribution in [0.15, 0.2) is 77.9 Å². The van der Waals surface area contributed by atoms with Gasteiger partial charge in [-0.3, -0.25) is 4.79 Å². The molecule has 0 aliphatic heterocycles. The standard InChI is InChI=1S/C21H15F2N3O/c1-21(22,23)17-6-4-5-14(12-17)15-8-9-18-16(11-15)13-25-26(20(18)27)19-7-2-3-10-24-19/h2-13H,1H3. The first-order valence-electron chi connectivity index (χ1n) is 8.36. The minimum absolute atomic E-state index is 0.0520. The highest BCUT2D eigenvalue weighted by atomic mass is 19.3. The van der Waals surface area contributed by atoms with Gasteiger partial charge in [-0.25, -0.2) is 13.8 Å². The van der Waals surface area contributed by atoms with Crippen LogP contribution >= 0.6 is 0 Å². The average molecular weight is 363 g/mol. The molecular formula is C21H15F2N3O. The van der Waals surface area contributed by atoms with E-state index in [0.29, 0.717) is 22.2 Å². The van der Waals surface area contributed by atoms with E-state index in [2.05, 4.69) is 10.1 Å². The molecule has 27 heavy (non-hydrogen) atoms. The molecule has 2 aromatic carbocycles. The van der Waals surface area contributed by atoms with E-state index in [9.17, 15) is 13.6 Å². The van der Waals surface area contributed by atoms with Crippen LogP contribution < -0.4 is 5.56 Å². The lowest BCUT2D eigenvalue weighted by atomic mass is 9.99. The van der Waals surface area contributed by atoms with Gasteiger partial charge in [0, 0.05) is 24.1 Å². The highest BCUT2D eigenvalue weighted by Crippen LogP contribution is 2.31. The first-order valence-corrected chi connectivity index (χ1v) is 8.36. The smallest absolute Gasteiger partial charge is 0.267 e. The first kappa shape index (κ1) is 17.0. The Hall–Kier alpha value is -3.41. The number of benzene rings is 2. The van der Waals surface area contributed by atoms with Crippen molar-refractivity contribution in [3.8, 4) is 16.9 Å². The molecule has 0 bridgehead atoms. The van der Waals surface area contributed by atoms with Gasteiger partial charge >= 0.3 is 0 Å². The van der Waals surface area contributed by atoms with Gasteiger partial charge in [-0.1, -0.05) is 30.3 Å². The highest BCUT2D eigenvalue weighted by molar-refractivity contribution is 5.86. The molecule has 6 heteroatoms. The molecule has 0 radical (unpaired) electrons. The topological polar surface area (TPSA) is 47.8 Å². The Morgan fingerprint density at radius 1 is 0.963 bits per heavy atom. The van der Waals surface area contributed by atoms with Crippen molar-refractivity contribution in [3.05, 3.63) is 89.0 Å². The Bertz CT molecular complexity index is 1180. The number of alkyl halides is 2. The molecule has 0 saturated carbocycles. The van der Waals surface area contributed by atoms with Crippen molar-refractivity contribution in [2.75, 3.05) is 0 Å². The predicted molar refractivity (Wildman–Crippen MR) is 100 cm³/mol. The van der Waals surface area contributed by atoms with Gasteiger partial charge in [0.25, 0.3) is 11.5 Å². The molecule has 0 amide bonds. The van der Waals surface area contributed by atoms with Crippen LogP contribution in [0.25, 0.3) is 27.7 Å². The summed E-state index contributed by atoms with van der Waals surface area (Å²) < 4.78 is 28.4. The zero-order valence-corrected chi connectivity index (χ0v) is 14.4. The maximum absolute atomic E-state index is 13.6. The van der Waals surface area contributed by atoms with Crippen LogP contribution in [0.4, 0.5) is 8.78 Å². The van der Waals surface area contributed by atoms with E-state index in [0.717, 1.165) is 12.5 Å². The molecule has 4 rings (SSSR count). The average Bonchev–Trinajstić information content (AvgIpc) is 2.68. The van der Waals surface area contributed by atoms with Gasteiger partial charge < -0.3 is 0 Å². The fourth-order valence-corrected chi connectivity index (χ4v) is 2.94. The van der Waals surface area contributed by atoms with E-state index >= 15 is 0 Å². The van der Waals surface area contributed by atoms with Gasteiger partial charge in [-0.15, -0.1) is 0 Å². The molecule has 4 nitrogen and oxygen atoms in total. The second-order valence-corrected chi connectivity index (χ2v) is 6.32. The van der Waals surface area contributed by atoms with Crippen LogP contribution in [0.1, 0.15) is 12.5 Å². The molecule has 0 spiro atoms. The molecule has 134 valence electrons. The minimum Gasteiger partial charge on any atom is -0.267 e. The number of pyridine rings is 1.